The van der Waals surface area contributed by atoms with Crippen LogP contribution in [0.1, 0.15) is 25.0 Å². The van der Waals surface area contributed by atoms with E-state index < -0.39 is 6.10 Å². The molecule has 5 heteroatoms. The third kappa shape index (κ3) is 5.45. The molecule has 3 rings (SSSR count). The van der Waals surface area contributed by atoms with Crippen molar-refractivity contribution in [2.75, 3.05) is 33.5 Å². The van der Waals surface area contributed by atoms with Crippen LogP contribution in [0.3, 0.4) is 0 Å². The van der Waals surface area contributed by atoms with Gasteiger partial charge in [-0.2, -0.15) is 0 Å². The Morgan fingerprint density at radius 1 is 0.963 bits per heavy atom. The minimum Gasteiger partial charge on any atom is -0.491 e. The number of hydrogen-bond acceptors (Lipinski definition) is 5. The van der Waals surface area contributed by atoms with E-state index in [-0.39, 0.29) is 24.7 Å². The molecule has 1 fully saturated rings. The van der Waals surface area contributed by atoms with Gasteiger partial charge in [-0.3, -0.25) is 0 Å². The number of rotatable bonds is 10. The van der Waals surface area contributed by atoms with Gasteiger partial charge in [-0.1, -0.05) is 38.1 Å². The predicted molar refractivity (Wildman–Crippen MR) is 104 cm³/mol. The average molecular weight is 372 g/mol. The summed E-state index contributed by atoms with van der Waals surface area (Å²) >= 11 is 0. The number of ether oxygens (including phenoxy) is 4. The Hall–Kier alpha value is -2.08. The van der Waals surface area contributed by atoms with Gasteiger partial charge in [0.1, 0.15) is 36.9 Å². The van der Waals surface area contributed by atoms with E-state index in [0.29, 0.717) is 6.61 Å². The molecule has 1 saturated heterocycles. The fraction of sp³-hybridized carbons (Fsp3) is 0.455. The zero-order valence-electron chi connectivity index (χ0n) is 16.2. The van der Waals surface area contributed by atoms with E-state index in [0.717, 1.165) is 18.1 Å². The first-order valence-electron chi connectivity index (χ1n) is 9.24. The second kappa shape index (κ2) is 8.74. The number of hydrogen-bond donors (Lipinski definition) is 1. The van der Waals surface area contributed by atoms with Crippen molar-refractivity contribution in [2.45, 2.75) is 31.5 Å². The number of aliphatic hydroxyl groups is 1. The molecule has 2 atom stereocenters. The zero-order chi connectivity index (χ0) is 19.3. The van der Waals surface area contributed by atoms with Crippen LogP contribution >= 0.6 is 0 Å². The molecular weight excluding hydrogens is 344 g/mol. The summed E-state index contributed by atoms with van der Waals surface area (Å²) in [5, 5.41) is 9.67. The lowest BCUT2D eigenvalue weighted by Crippen LogP contribution is -2.22. The topological polar surface area (TPSA) is 60.5 Å². The lowest BCUT2D eigenvalue weighted by atomic mass is 9.78. The highest BCUT2D eigenvalue weighted by atomic mass is 16.6. The summed E-state index contributed by atoms with van der Waals surface area (Å²) in [6.45, 7) is 6.28. The fourth-order valence-corrected chi connectivity index (χ4v) is 2.89. The number of epoxide rings is 1. The summed E-state index contributed by atoms with van der Waals surface area (Å²) in [6, 6.07) is 16.2. The summed E-state index contributed by atoms with van der Waals surface area (Å²) in [6.07, 6.45) is -0.365. The van der Waals surface area contributed by atoms with E-state index in [1.807, 2.05) is 24.3 Å². The Labute approximate surface area is 160 Å². The highest BCUT2D eigenvalue weighted by Crippen LogP contribution is 2.33. The third-order valence-electron chi connectivity index (χ3n) is 4.79. The van der Waals surface area contributed by atoms with Crippen molar-refractivity contribution in [3.63, 3.8) is 0 Å². The standard InChI is InChI=1S/C22H28O5/c1-22(2,17-6-10-20(11-7-17)26-14-21-15-27-21)16-4-8-19(9-5-16)25-13-18(23)12-24-3/h4-11,18,21,23H,12-15H2,1-3H3/t18-,21?/m0/s1. The van der Waals surface area contributed by atoms with E-state index >= 15 is 0 Å². The highest BCUT2D eigenvalue weighted by molar-refractivity contribution is 5.41. The van der Waals surface area contributed by atoms with Gasteiger partial charge >= 0.3 is 0 Å². The van der Waals surface area contributed by atoms with Crippen LogP contribution in [0.25, 0.3) is 0 Å². The summed E-state index contributed by atoms with van der Waals surface area (Å²) in [7, 11) is 1.56. The molecular formula is C22H28O5. The lowest BCUT2D eigenvalue weighted by molar-refractivity contribution is 0.0325. The van der Waals surface area contributed by atoms with E-state index in [2.05, 4.69) is 38.1 Å². The Kier molecular flexibility index (Phi) is 6.37. The van der Waals surface area contributed by atoms with Crippen molar-refractivity contribution >= 4 is 0 Å². The predicted octanol–water partition coefficient (Wildman–Crippen LogP) is 3.18. The monoisotopic (exact) mass is 372 g/mol. The molecule has 0 aromatic heterocycles. The van der Waals surface area contributed by atoms with Crippen LogP contribution < -0.4 is 9.47 Å². The van der Waals surface area contributed by atoms with Crippen molar-refractivity contribution in [2.24, 2.45) is 0 Å². The maximum absolute atomic E-state index is 9.67. The van der Waals surface area contributed by atoms with Gasteiger partial charge in [0.15, 0.2) is 0 Å². The molecule has 5 nitrogen and oxygen atoms in total. The van der Waals surface area contributed by atoms with Crippen LogP contribution in [0.2, 0.25) is 0 Å². The summed E-state index contributed by atoms with van der Waals surface area (Å²) in [4.78, 5) is 0. The Bertz CT molecular complexity index is 704. The van der Waals surface area contributed by atoms with Gasteiger partial charge in [0.2, 0.25) is 0 Å². The third-order valence-corrected chi connectivity index (χ3v) is 4.79. The van der Waals surface area contributed by atoms with Gasteiger partial charge in [-0.25, -0.2) is 0 Å². The van der Waals surface area contributed by atoms with Crippen LogP contribution in [0, 0.1) is 0 Å². The molecule has 2 aromatic carbocycles. The Morgan fingerprint density at radius 2 is 1.48 bits per heavy atom. The molecule has 27 heavy (non-hydrogen) atoms. The molecule has 0 spiro atoms. The highest BCUT2D eigenvalue weighted by Gasteiger charge is 2.24. The molecule has 0 bridgehead atoms. The van der Waals surface area contributed by atoms with Crippen molar-refractivity contribution in [1.82, 2.24) is 0 Å². The van der Waals surface area contributed by atoms with Crippen molar-refractivity contribution in [1.29, 1.82) is 0 Å². The molecule has 1 aliphatic rings. The van der Waals surface area contributed by atoms with Gasteiger partial charge in [0, 0.05) is 12.5 Å². The van der Waals surface area contributed by atoms with E-state index in [4.69, 9.17) is 18.9 Å². The molecule has 146 valence electrons. The quantitative estimate of drug-likeness (QED) is 0.649. The Balaban J connectivity index is 1.61. The van der Waals surface area contributed by atoms with Crippen molar-refractivity contribution in [3.8, 4) is 11.5 Å². The van der Waals surface area contributed by atoms with Gasteiger partial charge in [-0.15, -0.1) is 0 Å². The van der Waals surface area contributed by atoms with Crippen LogP contribution in [0.4, 0.5) is 0 Å². The Morgan fingerprint density at radius 3 is 1.96 bits per heavy atom. The van der Waals surface area contributed by atoms with Gasteiger partial charge in [0.25, 0.3) is 0 Å². The molecule has 2 aromatic rings. The largest absolute Gasteiger partial charge is 0.491 e. The molecule has 0 saturated carbocycles. The lowest BCUT2D eigenvalue weighted by Gasteiger charge is -2.26. The minimum absolute atomic E-state index is 0.147. The number of methoxy groups -OCH3 is 1. The summed E-state index contributed by atoms with van der Waals surface area (Å²) < 4.78 is 21.4. The zero-order valence-corrected chi connectivity index (χ0v) is 16.2. The smallest absolute Gasteiger partial charge is 0.119 e. The second-order valence-electron chi connectivity index (χ2n) is 7.36. The normalized spacial score (nSPS) is 17.4. The molecule has 0 radical (unpaired) electrons. The number of aliphatic hydroxyl groups excluding tert-OH is 1. The first kappa shape index (κ1) is 19.7. The van der Waals surface area contributed by atoms with Crippen LogP contribution in [0.5, 0.6) is 11.5 Å². The SMILES string of the molecule is COC[C@H](O)COc1ccc(C(C)(C)c2ccc(OCC3CO3)cc2)cc1. The fourth-order valence-electron chi connectivity index (χ4n) is 2.89. The van der Waals surface area contributed by atoms with Gasteiger partial charge < -0.3 is 24.1 Å². The first-order valence-corrected chi connectivity index (χ1v) is 9.24. The molecule has 1 unspecified atom stereocenters. The maximum Gasteiger partial charge on any atom is 0.119 e. The maximum atomic E-state index is 9.67. The van der Waals surface area contributed by atoms with Crippen LogP contribution in [0.15, 0.2) is 48.5 Å². The van der Waals surface area contributed by atoms with E-state index in [1.54, 1.807) is 7.11 Å². The minimum atomic E-state index is -0.627. The molecule has 1 heterocycles. The molecule has 1 aliphatic heterocycles. The molecule has 0 amide bonds. The van der Waals surface area contributed by atoms with Gasteiger partial charge in [0.05, 0.1) is 13.2 Å². The van der Waals surface area contributed by atoms with Crippen LogP contribution in [-0.2, 0) is 14.9 Å². The first-order chi connectivity index (χ1) is 13.0. The van der Waals surface area contributed by atoms with Crippen molar-refractivity contribution < 1.29 is 24.1 Å². The molecule has 0 aliphatic carbocycles. The second-order valence-corrected chi connectivity index (χ2v) is 7.36. The van der Waals surface area contributed by atoms with Crippen molar-refractivity contribution in [3.05, 3.63) is 59.7 Å². The van der Waals surface area contributed by atoms with Crippen LogP contribution in [-0.4, -0.2) is 50.9 Å². The summed E-state index contributed by atoms with van der Waals surface area (Å²) in [5.41, 5.74) is 2.25. The van der Waals surface area contributed by atoms with E-state index in [9.17, 15) is 5.11 Å². The molecule has 1 N–H and O–H groups in total. The van der Waals surface area contributed by atoms with Gasteiger partial charge in [-0.05, 0) is 35.4 Å². The average Bonchev–Trinajstić information content (AvgIpc) is 3.50. The number of benzene rings is 2. The van der Waals surface area contributed by atoms with E-state index in [1.165, 1.54) is 11.1 Å². The summed E-state index contributed by atoms with van der Waals surface area (Å²) in [5.74, 6) is 1.60.